The number of thioether (sulfide) groups is 1. The highest BCUT2D eigenvalue weighted by molar-refractivity contribution is 7.99. The number of carbonyl (C=O) groups is 1. The SMILES string of the molecule is Cc1cc(CN2CCSCC2)ccc1NC(=O)c1cnn(-c2ccccc2F)c1. The van der Waals surface area contributed by atoms with Crippen LogP contribution < -0.4 is 5.32 Å². The molecule has 0 atom stereocenters. The zero-order chi connectivity index (χ0) is 20.2. The molecule has 0 spiro atoms. The van der Waals surface area contributed by atoms with Gasteiger partial charge in [0.15, 0.2) is 0 Å². The molecule has 0 radical (unpaired) electrons. The summed E-state index contributed by atoms with van der Waals surface area (Å²) < 4.78 is 15.3. The van der Waals surface area contributed by atoms with Crippen LogP contribution in [0, 0.1) is 12.7 Å². The van der Waals surface area contributed by atoms with E-state index in [1.165, 1.54) is 40.2 Å². The summed E-state index contributed by atoms with van der Waals surface area (Å²) in [6, 6.07) is 12.5. The summed E-state index contributed by atoms with van der Waals surface area (Å²) in [5.74, 6) is 1.72. The zero-order valence-corrected chi connectivity index (χ0v) is 17.1. The van der Waals surface area contributed by atoms with E-state index in [4.69, 9.17) is 0 Å². The van der Waals surface area contributed by atoms with E-state index < -0.39 is 0 Å². The van der Waals surface area contributed by atoms with Gasteiger partial charge in [-0.2, -0.15) is 16.9 Å². The Bertz CT molecular complexity index is 1010. The number of benzene rings is 2. The van der Waals surface area contributed by atoms with E-state index in [1.807, 2.05) is 24.8 Å². The number of nitrogens with one attached hydrogen (secondary N) is 1. The number of carbonyl (C=O) groups excluding carboxylic acids is 1. The average molecular weight is 411 g/mol. The molecular formula is C22H23FN4OS. The monoisotopic (exact) mass is 410 g/mol. The van der Waals surface area contributed by atoms with Gasteiger partial charge in [-0.3, -0.25) is 9.69 Å². The van der Waals surface area contributed by atoms with Crippen LogP contribution in [-0.2, 0) is 6.54 Å². The molecule has 0 unspecified atom stereocenters. The number of halogens is 1. The second-order valence-electron chi connectivity index (χ2n) is 7.12. The Kier molecular flexibility index (Phi) is 5.97. The van der Waals surface area contributed by atoms with Gasteiger partial charge >= 0.3 is 0 Å². The van der Waals surface area contributed by atoms with Crippen molar-refractivity contribution in [1.82, 2.24) is 14.7 Å². The summed E-state index contributed by atoms with van der Waals surface area (Å²) in [6.45, 7) is 5.17. The molecule has 1 aromatic heterocycles. The van der Waals surface area contributed by atoms with Gasteiger partial charge in [-0.05, 0) is 36.2 Å². The first-order valence-electron chi connectivity index (χ1n) is 9.61. The molecule has 0 saturated carbocycles. The van der Waals surface area contributed by atoms with E-state index in [-0.39, 0.29) is 11.7 Å². The summed E-state index contributed by atoms with van der Waals surface area (Å²) >= 11 is 2.00. The Morgan fingerprint density at radius 3 is 2.76 bits per heavy atom. The van der Waals surface area contributed by atoms with E-state index in [2.05, 4.69) is 27.4 Å². The van der Waals surface area contributed by atoms with Crippen molar-refractivity contribution < 1.29 is 9.18 Å². The van der Waals surface area contributed by atoms with Crippen LogP contribution in [0.1, 0.15) is 21.5 Å². The Hall–Kier alpha value is -2.64. The summed E-state index contributed by atoms with van der Waals surface area (Å²) in [4.78, 5) is 15.1. The minimum absolute atomic E-state index is 0.267. The number of nitrogens with zero attached hydrogens (tertiary/aromatic N) is 3. The predicted octanol–water partition coefficient (Wildman–Crippen LogP) is 4.12. The molecule has 1 N–H and O–H groups in total. The van der Waals surface area contributed by atoms with Crippen molar-refractivity contribution in [2.24, 2.45) is 0 Å². The Labute approximate surface area is 173 Å². The second kappa shape index (κ2) is 8.80. The molecule has 1 aliphatic heterocycles. The van der Waals surface area contributed by atoms with Crippen molar-refractivity contribution in [1.29, 1.82) is 0 Å². The Morgan fingerprint density at radius 2 is 2.00 bits per heavy atom. The highest BCUT2D eigenvalue weighted by atomic mass is 32.2. The second-order valence-corrected chi connectivity index (χ2v) is 8.34. The maximum atomic E-state index is 13.9. The number of hydrogen-bond acceptors (Lipinski definition) is 4. The van der Waals surface area contributed by atoms with Gasteiger partial charge in [0.1, 0.15) is 11.5 Å². The Balaban J connectivity index is 1.44. The zero-order valence-electron chi connectivity index (χ0n) is 16.3. The third-order valence-electron chi connectivity index (χ3n) is 4.99. The number of aromatic nitrogens is 2. The van der Waals surface area contributed by atoms with Crippen molar-refractivity contribution in [2.45, 2.75) is 13.5 Å². The van der Waals surface area contributed by atoms with E-state index in [9.17, 15) is 9.18 Å². The standard InChI is InChI=1S/C22H23FN4OS/c1-16-12-17(14-26-8-10-29-11-9-26)6-7-20(16)25-22(28)18-13-24-27(15-18)21-5-3-2-4-19(21)23/h2-7,12-13,15H,8-11,14H2,1H3,(H,25,28). The van der Waals surface area contributed by atoms with Crippen LogP contribution in [0.25, 0.3) is 5.69 Å². The topological polar surface area (TPSA) is 50.2 Å². The Morgan fingerprint density at radius 1 is 1.21 bits per heavy atom. The first-order chi connectivity index (χ1) is 14.1. The van der Waals surface area contributed by atoms with Gasteiger partial charge in [-0.15, -0.1) is 0 Å². The van der Waals surface area contributed by atoms with Gasteiger partial charge < -0.3 is 5.32 Å². The number of amides is 1. The van der Waals surface area contributed by atoms with Crippen molar-refractivity contribution in [2.75, 3.05) is 29.9 Å². The molecule has 1 aliphatic rings. The fraction of sp³-hybridized carbons (Fsp3) is 0.273. The normalized spacial score (nSPS) is 14.7. The van der Waals surface area contributed by atoms with Crippen molar-refractivity contribution in [3.8, 4) is 5.69 Å². The highest BCUT2D eigenvalue weighted by Crippen LogP contribution is 2.20. The average Bonchev–Trinajstić information content (AvgIpc) is 3.21. The number of anilines is 1. The number of rotatable bonds is 5. The maximum absolute atomic E-state index is 13.9. The summed E-state index contributed by atoms with van der Waals surface area (Å²) in [7, 11) is 0. The third kappa shape index (κ3) is 4.68. The maximum Gasteiger partial charge on any atom is 0.258 e. The molecule has 7 heteroatoms. The molecule has 5 nitrogen and oxygen atoms in total. The summed E-state index contributed by atoms with van der Waals surface area (Å²) in [5.41, 5.74) is 3.72. The first kappa shape index (κ1) is 19.7. The van der Waals surface area contributed by atoms with Crippen molar-refractivity contribution in [3.63, 3.8) is 0 Å². The molecule has 1 fully saturated rings. The quantitative estimate of drug-likeness (QED) is 0.687. The molecule has 1 saturated heterocycles. The number of para-hydroxylation sites is 1. The lowest BCUT2D eigenvalue weighted by molar-refractivity contribution is 0.102. The van der Waals surface area contributed by atoms with Crippen LogP contribution in [0.4, 0.5) is 10.1 Å². The lowest BCUT2D eigenvalue weighted by atomic mass is 10.1. The molecule has 2 heterocycles. The fourth-order valence-electron chi connectivity index (χ4n) is 3.39. The summed E-state index contributed by atoms with van der Waals surface area (Å²) in [6.07, 6.45) is 2.98. The van der Waals surface area contributed by atoms with E-state index >= 15 is 0 Å². The largest absolute Gasteiger partial charge is 0.322 e. The smallest absolute Gasteiger partial charge is 0.258 e. The van der Waals surface area contributed by atoms with Gasteiger partial charge in [-0.1, -0.05) is 24.3 Å². The van der Waals surface area contributed by atoms with E-state index in [0.717, 1.165) is 30.9 Å². The van der Waals surface area contributed by atoms with Crippen LogP contribution in [0.3, 0.4) is 0 Å². The van der Waals surface area contributed by atoms with Gasteiger partial charge in [0.2, 0.25) is 0 Å². The van der Waals surface area contributed by atoms with Crippen LogP contribution in [0.15, 0.2) is 54.9 Å². The van der Waals surface area contributed by atoms with E-state index in [1.54, 1.807) is 18.2 Å². The van der Waals surface area contributed by atoms with Crippen LogP contribution in [-0.4, -0.2) is 45.2 Å². The number of aryl methyl sites for hydroxylation is 1. The lowest BCUT2D eigenvalue weighted by Crippen LogP contribution is -2.31. The van der Waals surface area contributed by atoms with Crippen molar-refractivity contribution >= 4 is 23.4 Å². The minimum Gasteiger partial charge on any atom is -0.322 e. The number of hydrogen-bond donors (Lipinski definition) is 1. The fourth-order valence-corrected chi connectivity index (χ4v) is 4.36. The molecule has 29 heavy (non-hydrogen) atoms. The summed E-state index contributed by atoms with van der Waals surface area (Å²) in [5, 5.41) is 7.05. The molecule has 1 amide bonds. The highest BCUT2D eigenvalue weighted by Gasteiger charge is 2.14. The van der Waals surface area contributed by atoms with E-state index in [0.29, 0.717) is 11.3 Å². The van der Waals surface area contributed by atoms with Gasteiger partial charge in [0.25, 0.3) is 5.91 Å². The van der Waals surface area contributed by atoms with Gasteiger partial charge in [0.05, 0.1) is 11.8 Å². The molecule has 0 aliphatic carbocycles. The molecule has 3 aromatic rings. The van der Waals surface area contributed by atoms with Crippen LogP contribution in [0.5, 0.6) is 0 Å². The molecule has 2 aromatic carbocycles. The van der Waals surface area contributed by atoms with Crippen LogP contribution in [0.2, 0.25) is 0 Å². The molecule has 150 valence electrons. The van der Waals surface area contributed by atoms with Crippen molar-refractivity contribution in [3.05, 3.63) is 77.4 Å². The lowest BCUT2D eigenvalue weighted by Gasteiger charge is -2.26. The molecule has 4 rings (SSSR count). The minimum atomic E-state index is -0.388. The van der Waals surface area contributed by atoms with Crippen LogP contribution >= 0.6 is 11.8 Å². The predicted molar refractivity (Wildman–Crippen MR) is 115 cm³/mol. The molecule has 0 bridgehead atoms. The third-order valence-corrected chi connectivity index (χ3v) is 5.94. The first-order valence-corrected chi connectivity index (χ1v) is 10.8. The molecular weight excluding hydrogens is 387 g/mol. The van der Waals surface area contributed by atoms with Gasteiger partial charge in [-0.25, -0.2) is 9.07 Å². The van der Waals surface area contributed by atoms with Gasteiger partial charge in [0, 0.05) is 43.0 Å².